The number of hydrogen-bond donors (Lipinski definition) is 1. The highest BCUT2D eigenvalue weighted by Crippen LogP contribution is 2.48. The van der Waals surface area contributed by atoms with Crippen molar-refractivity contribution in [2.24, 2.45) is 11.8 Å². The van der Waals surface area contributed by atoms with E-state index in [1.165, 1.54) is 12.1 Å². The van der Waals surface area contributed by atoms with E-state index in [2.05, 4.69) is 11.3 Å². The van der Waals surface area contributed by atoms with Crippen molar-refractivity contribution in [3.05, 3.63) is 70.1 Å². The standard InChI is InChI=1S/C29H29F3O4S/c1-17(22-9-5-8-19-14-20(28(33)34)15-24(19)22)10-13-25-27(18-6-3-2-4-7-18)23-12-11-21(36-29(30,31)32)16-26(23)37(25)35/h5,8-9,11-12,16,18,20H,1-4,6-7,10,13-15H2,(H,33,34). The smallest absolute Gasteiger partial charge is 0.481 e. The predicted octanol–water partition coefficient (Wildman–Crippen LogP) is 7.29. The minimum atomic E-state index is -4.82. The molecule has 1 fully saturated rings. The number of aliphatic carboxylic acids is 1. The molecule has 1 N–H and O–H groups in total. The first-order chi connectivity index (χ1) is 17.6. The van der Waals surface area contributed by atoms with Gasteiger partial charge in [-0.3, -0.25) is 4.79 Å². The number of rotatable bonds is 7. The van der Waals surface area contributed by atoms with Crippen LogP contribution in [-0.4, -0.2) is 21.6 Å². The van der Waals surface area contributed by atoms with Crippen LogP contribution in [0.25, 0.3) is 11.1 Å². The minimum absolute atomic E-state index is 0.230. The van der Waals surface area contributed by atoms with Crippen molar-refractivity contribution in [1.82, 2.24) is 0 Å². The van der Waals surface area contributed by atoms with Gasteiger partial charge in [0, 0.05) is 4.91 Å². The van der Waals surface area contributed by atoms with E-state index in [-0.39, 0.29) is 11.7 Å². The Morgan fingerprint density at radius 3 is 2.57 bits per heavy atom. The molecular weight excluding hydrogens is 501 g/mol. The highest BCUT2D eigenvalue weighted by atomic mass is 32.2. The zero-order chi connectivity index (χ0) is 26.3. The summed E-state index contributed by atoms with van der Waals surface area (Å²) in [6, 6.07) is 10.0. The average Bonchev–Trinajstić information content (AvgIpc) is 3.41. The largest absolute Gasteiger partial charge is 0.573 e. The molecule has 2 atom stereocenters. The highest BCUT2D eigenvalue weighted by molar-refractivity contribution is 7.89. The summed E-state index contributed by atoms with van der Waals surface area (Å²) in [4.78, 5) is 12.7. The molecule has 196 valence electrons. The number of hydrogen-bond acceptors (Lipinski definition) is 3. The summed E-state index contributed by atoms with van der Waals surface area (Å²) in [5.41, 5.74) is 5.64. The third-order valence-electron chi connectivity index (χ3n) is 7.79. The van der Waals surface area contributed by atoms with Gasteiger partial charge < -0.3 is 9.84 Å². The molecule has 1 heterocycles. The summed E-state index contributed by atoms with van der Waals surface area (Å²) in [6.45, 7) is 4.29. The molecule has 3 aliphatic rings. The van der Waals surface area contributed by atoms with Crippen molar-refractivity contribution >= 4 is 27.9 Å². The Labute approximate surface area is 216 Å². The summed E-state index contributed by atoms with van der Waals surface area (Å²) in [6.07, 6.45) is 2.42. The first kappa shape index (κ1) is 25.8. The van der Waals surface area contributed by atoms with Crippen LogP contribution in [0.15, 0.2) is 52.8 Å². The van der Waals surface area contributed by atoms with Gasteiger partial charge in [0.15, 0.2) is 0 Å². The van der Waals surface area contributed by atoms with Crippen LogP contribution in [0.1, 0.15) is 67.2 Å². The van der Waals surface area contributed by atoms with Gasteiger partial charge in [-0.25, -0.2) is 4.21 Å². The summed E-state index contributed by atoms with van der Waals surface area (Å²) in [5.74, 6) is -1.37. The first-order valence-electron chi connectivity index (χ1n) is 12.7. The number of alkyl halides is 3. The SMILES string of the molecule is C=C(CCC1=C(C2CCCCC2)c2ccc(OC(F)(F)F)cc2S1=O)c1cccc2c1CC(C(=O)O)C2. The Morgan fingerprint density at radius 1 is 1.11 bits per heavy atom. The van der Waals surface area contributed by atoms with Crippen LogP contribution in [0.2, 0.25) is 0 Å². The lowest BCUT2D eigenvalue weighted by Gasteiger charge is -2.25. The maximum Gasteiger partial charge on any atom is 0.573 e. The van der Waals surface area contributed by atoms with Gasteiger partial charge in [0.1, 0.15) is 5.75 Å². The molecule has 2 aromatic carbocycles. The number of carbonyl (C=O) groups is 1. The van der Waals surface area contributed by atoms with Crippen LogP contribution in [0.4, 0.5) is 13.2 Å². The third kappa shape index (κ3) is 5.26. The quantitative estimate of drug-likeness (QED) is 0.408. The molecule has 37 heavy (non-hydrogen) atoms. The van der Waals surface area contributed by atoms with Crippen molar-refractivity contribution in [3.8, 4) is 5.75 Å². The molecule has 8 heteroatoms. The Balaban J connectivity index is 1.42. The lowest BCUT2D eigenvalue weighted by atomic mass is 9.80. The van der Waals surface area contributed by atoms with E-state index in [0.717, 1.165) is 70.4 Å². The minimum Gasteiger partial charge on any atom is -0.481 e. The van der Waals surface area contributed by atoms with Gasteiger partial charge in [0.25, 0.3) is 0 Å². The van der Waals surface area contributed by atoms with Crippen LogP contribution in [0.5, 0.6) is 5.75 Å². The molecule has 0 aromatic heterocycles. The van der Waals surface area contributed by atoms with Crippen LogP contribution in [-0.2, 0) is 28.4 Å². The zero-order valence-electron chi connectivity index (χ0n) is 20.4. The molecule has 0 amide bonds. The lowest BCUT2D eigenvalue weighted by Crippen LogP contribution is -2.17. The summed E-state index contributed by atoms with van der Waals surface area (Å²) >= 11 is 0. The number of carboxylic acids is 1. The lowest BCUT2D eigenvalue weighted by molar-refractivity contribution is -0.274. The van der Waals surface area contributed by atoms with Gasteiger partial charge in [-0.15, -0.1) is 13.2 Å². The van der Waals surface area contributed by atoms with Crippen molar-refractivity contribution < 1.29 is 32.0 Å². The van der Waals surface area contributed by atoms with Crippen LogP contribution in [0, 0.1) is 11.8 Å². The van der Waals surface area contributed by atoms with E-state index < -0.39 is 29.0 Å². The molecule has 0 bridgehead atoms. The van der Waals surface area contributed by atoms with E-state index >= 15 is 0 Å². The fraction of sp³-hybridized carbons (Fsp3) is 0.414. The summed E-state index contributed by atoms with van der Waals surface area (Å²) in [7, 11) is -1.58. The molecule has 2 unspecified atom stereocenters. The molecule has 0 saturated heterocycles. The Hall–Kier alpha value is -2.87. The van der Waals surface area contributed by atoms with Crippen molar-refractivity contribution in [2.75, 3.05) is 0 Å². The van der Waals surface area contributed by atoms with Crippen LogP contribution >= 0.6 is 0 Å². The van der Waals surface area contributed by atoms with Crippen molar-refractivity contribution in [1.29, 1.82) is 0 Å². The van der Waals surface area contributed by atoms with Gasteiger partial charge in [-0.2, -0.15) is 0 Å². The Morgan fingerprint density at radius 2 is 1.86 bits per heavy atom. The van der Waals surface area contributed by atoms with Gasteiger partial charge in [0.05, 0.1) is 21.6 Å². The second kappa shape index (κ2) is 10.1. The van der Waals surface area contributed by atoms with E-state index in [4.69, 9.17) is 0 Å². The average molecular weight is 531 g/mol. The van der Waals surface area contributed by atoms with Crippen molar-refractivity contribution in [2.45, 2.75) is 69.0 Å². The van der Waals surface area contributed by atoms with E-state index in [1.807, 2.05) is 18.2 Å². The summed E-state index contributed by atoms with van der Waals surface area (Å²) < 4.78 is 56.2. The highest BCUT2D eigenvalue weighted by Gasteiger charge is 2.36. The normalized spacial score (nSPS) is 21.6. The van der Waals surface area contributed by atoms with Gasteiger partial charge in [0.2, 0.25) is 0 Å². The molecule has 0 radical (unpaired) electrons. The molecule has 2 aliphatic carbocycles. The molecule has 2 aromatic rings. The van der Waals surface area contributed by atoms with Crippen LogP contribution in [0.3, 0.4) is 0 Å². The fourth-order valence-electron chi connectivity index (χ4n) is 6.08. The summed E-state index contributed by atoms with van der Waals surface area (Å²) in [5, 5.41) is 9.48. The Bertz CT molecular complexity index is 1300. The Kier molecular flexibility index (Phi) is 7.05. The second-order valence-corrected chi connectivity index (χ2v) is 11.6. The first-order valence-corrected chi connectivity index (χ1v) is 13.8. The van der Waals surface area contributed by atoms with Crippen molar-refractivity contribution in [3.63, 3.8) is 0 Å². The number of allylic oxidation sites excluding steroid dienone is 3. The molecular formula is C29H29F3O4S. The molecule has 1 saturated carbocycles. The number of carboxylic acid groups (broad SMARTS) is 1. The number of ether oxygens (including phenoxy) is 1. The fourth-order valence-corrected chi connectivity index (χ4v) is 7.71. The van der Waals surface area contributed by atoms with E-state index in [0.29, 0.717) is 30.6 Å². The van der Waals surface area contributed by atoms with Crippen LogP contribution < -0.4 is 4.74 Å². The van der Waals surface area contributed by atoms with Gasteiger partial charge >= 0.3 is 12.3 Å². The second-order valence-electron chi connectivity index (χ2n) is 10.1. The van der Waals surface area contributed by atoms with E-state index in [1.54, 1.807) is 6.07 Å². The maximum atomic E-state index is 13.6. The van der Waals surface area contributed by atoms with Gasteiger partial charge in [-0.1, -0.05) is 44.0 Å². The predicted molar refractivity (Wildman–Crippen MR) is 136 cm³/mol. The number of halogens is 3. The topological polar surface area (TPSA) is 63.6 Å². The molecule has 0 spiro atoms. The van der Waals surface area contributed by atoms with Gasteiger partial charge in [-0.05, 0) is 96.0 Å². The number of fused-ring (bicyclic) bond motifs is 2. The monoisotopic (exact) mass is 530 g/mol. The molecule has 1 aliphatic heterocycles. The zero-order valence-corrected chi connectivity index (χ0v) is 21.2. The third-order valence-corrected chi connectivity index (χ3v) is 9.40. The molecule has 4 nitrogen and oxygen atoms in total. The number of benzene rings is 2. The van der Waals surface area contributed by atoms with E-state index in [9.17, 15) is 27.3 Å². The molecule has 5 rings (SSSR count). The maximum absolute atomic E-state index is 13.6.